The van der Waals surface area contributed by atoms with E-state index in [1.54, 1.807) is 29.0 Å². The molecule has 0 spiro atoms. The molecule has 2 unspecified atom stereocenters. The topological polar surface area (TPSA) is 59.1 Å². The van der Waals surface area contributed by atoms with Gasteiger partial charge in [0.2, 0.25) is 11.8 Å². The summed E-state index contributed by atoms with van der Waals surface area (Å²) in [6.07, 6.45) is 1.25. The smallest absolute Gasteiger partial charge is 0.239 e. The zero-order chi connectivity index (χ0) is 17.8. The van der Waals surface area contributed by atoms with Crippen molar-refractivity contribution >= 4 is 29.1 Å². The maximum absolute atomic E-state index is 13.0. The monoisotopic (exact) mass is 366 g/mol. The van der Waals surface area contributed by atoms with Crippen molar-refractivity contribution in [3.63, 3.8) is 0 Å². The molecule has 0 saturated carbocycles. The number of ether oxygens (including phenoxy) is 2. The first-order valence-corrected chi connectivity index (χ1v) is 8.93. The van der Waals surface area contributed by atoms with Crippen LogP contribution in [0.15, 0.2) is 24.3 Å². The number of hydrogen-bond acceptors (Lipinski definition) is 4. The van der Waals surface area contributed by atoms with Gasteiger partial charge in [-0.3, -0.25) is 9.59 Å². The number of hydrogen-bond donors (Lipinski definition) is 0. The fraction of sp³-hybridized carbons (Fsp3) is 0.556. The van der Waals surface area contributed by atoms with Gasteiger partial charge in [0.05, 0.1) is 19.3 Å². The lowest BCUT2D eigenvalue weighted by Crippen LogP contribution is -2.52. The molecule has 0 aromatic heterocycles. The molecule has 136 valence electrons. The van der Waals surface area contributed by atoms with Crippen molar-refractivity contribution in [2.75, 3.05) is 44.9 Å². The third-order valence-corrected chi connectivity index (χ3v) is 5.06. The van der Waals surface area contributed by atoms with Crippen molar-refractivity contribution in [2.45, 2.75) is 18.9 Å². The van der Waals surface area contributed by atoms with Gasteiger partial charge in [0.25, 0.3) is 0 Å². The molecule has 2 fully saturated rings. The molecule has 3 rings (SSSR count). The highest BCUT2D eigenvalue weighted by atomic mass is 35.5. The highest BCUT2D eigenvalue weighted by Crippen LogP contribution is 2.28. The molecule has 0 N–H and O–H groups in total. The lowest BCUT2D eigenvalue weighted by atomic mass is 10.0. The number of halogens is 1. The molecule has 2 aliphatic heterocycles. The van der Waals surface area contributed by atoms with Gasteiger partial charge in [-0.15, -0.1) is 0 Å². The Morgan fingerprint density at radius 2 is 2.08 bits per heavy atom. The number of carbonyl (C=O) groups excluding carboxylic acids is 2. The number of morpholine rings is 1. The molecule has 0 radical (unpaired) electrons. The fourth-order valence-electron chi connectivity index (χ4n) is 3.42. The van der Waals surface area contributed by atoms with Crippen LogP contribution in [0.1, 0.15) is 12.8 Å². The summed E-state index contributed by atoms with van der Waals surface area (Å²) >= 11 is 5.91. The highest BCUT2D eigenvalue weighted by molar-refractivity contribution is 6.30. The number of anilines is 1. The second-order valence-corrected chi connectivity index (χ2v) is 6.79. The molecule has 25 heavy (non-hydrogen) atoms. The van der Waals surface area contributed by atoms with Crippen LogP contribution in [0.3, 0.4) is 0 Å². The number of nitrogens with zero attached hydrogens (tertiary/aromatic N) is 2. The standard InChI is InChI=1S/C18H23ClN2O4/c1-24-10-7-15-12-25-11-9-21(15)18(23)16-6-8-20(17(16)22)14-4-2-13(19)3-5-14/h2-5,15-16H,6-12H2,1H3. The predicted octanol–water partition coefficient (Wildman–Crippen LogP) is 1.96. The van der Waals surface area contributed by atoms with Crippen molar-refractivity contribution in [1.82, 2.24) is 4.90 Å². The Balaban J connectivity index is 1.69. The summed E-state index contributed by atoms with van der Waals surface area (Å²) in [4.78, 5) is 29.2. The van der Waals surface area contributed by atoms with Crippen molar-refractivity contribution in [1.29, 1.82) is 0 Å². The second-order valence-electron chi connectivity index (χ2n) is 6.35. The van der Waals surface area contributed by atoms with E-state index >= 15 is 0 Å². The molecular weight excluding hydrogens is 344 g/mol. The third-order valence-electron chi connectivity index (χ3n) is 4.81. The van der Waals surface area contributed by atoms with Gasteiger partial charge >= 0.3 is 0 Å². The van der Waals surface area contributed by atoms with E-state index in [0.717, 1.165) is 5.69 Å². The van der Waals surface area contributed by atoms with Crippen LogP contribution in [0.2, 0.25) is 5.02 Å². The summed E-state index contributed by atoms with van der Waals surface area (Å²) in [7, 11) is 1.64. The number of rotatable bonds is 5. The first-order valence-electron chi connectivity index (χ1n) is 8.56. The third kappa shape index (κ3) is 3.97. The first-order chi connectivity index (χ1) is 12.1. The largest absolute Gasteiger partial charge is 0.385 e. The average molecular weight is 367 g/mol. The predicted molar refractivity (Wildman–Crippen MR) is 94.7 cm³/mol. The minimum absolute atomic E-state index is 0.0291. The van der Waals surface area contributed by atoms with Gasteiger partial charge in [0.15, 0.2) is 0 Å². The maximum atomic E-state index is 13.0. The van der Waals surface area contributed by atoms with E-state index < -0.39 is 5.92 Å². The molecule has 2 heterocycles. The molecule has 2 atom stereocenters. The maximum Gasteiger partial charge on any atom is 0.239 e. The van der Waals surface area contributed by atoms with Gasteiger partial charge in [-0.05, 0) is 37.1 Å². The van der Waals surface area contributed by atoms with E-state index in [1.807, 2.05) is 12.1 Å². The Morgan fingerprint density at radius 1 is 1.32 bits per heavy atom. The summed E-state index contributed by atoms with van der Waals surface area (Å²) < 4.78 is 10.6. The minimum atomic E-state index is -0.612. The summed E-state index contributed by atoms with van der Waals surface area (Å²) in [6, 6.07) is 7.09. The molecular formula is C18H23ClN2O4. The van der Waals surface area contributed by atoms with Crippen LogP contribution in [-0.4, -0.2) is 62.8 Å². The normalized spacial score (nSPS) is 24.0. The number of amides is 2. The SMILES string of the molecule is COCCC1COCCN1C(=O)C1CCN(c2ccc(Cl)cc2)C1=O. The molecule has 0 aliphatic carbocycles. The van der Waals surface area contributed by atoms with E-state index in [0.29, 0.717) is 50.8 Å². The van der Waals surface area contributed by atoms with Crippen LogP contribution >= 0.6 is 11.6 Å². The Morgan fingerprint density at radius 3 is 2.80 bits per heavy atom. The minimum Gasteiger partial charge on any atom is -0.385 e. The molecule has 0 bridgehead atoms. The van der Waals surface area contributed by atoms with Crippen molar-refractivity contribution in [3.8, 4) is 0 Å². The first kappa shape index (κ1) is 18.2. The van der Waals surface area contributed by atoms with E-state index in [-0.39, 0.29) is 17.9 Å². The summed E-state index contributed by atoms with van der Waals surface area (Å²) in [5, 5.41) is 0.623. The van der Waals surface area contributed by atoms with Gasteiger partial charge in [0.1, 0.15) is 5.92 Å². The average Bonchev–Trinajstić information content (AvgIpc) is 3.02. The van der Waals surface area contributed by atoms with Crippen LogP contribution in [0, 0.1) is 5.92 Å². The fourth-order valence-corrected chi connectivity index (χ4v) is 3.55. The van der Waals surface area contributed by atoms with Gasteiger partial charge in [-0.2, -0.15) is 0 Å². The van der Waals surface area contributed by atoms with E-state index in [2.05, 4.69) is 0 Å². The highest BCUT2D eigenvalue weighted by Gasteiger charge is 2.41. The van der Waals surface area contributed by atoms with E-state index in [9.17, 15) is 9.59 Å². The quantitative estimate of drug-likeness (QED) is 0.747. The van der Waals surface area contributed by atoms with Crippen LogP contribution in [0.4, 0.5) is 5.69 Å². The second kappa shape index (κ2) is 8.17. The molecule has 2 aliphatic rings. The zero-order valence-electron chi connectivity index (χ0n) is 14.3. The van der Waals surface area contributed by atoms with Crippen LogP contribution in [-0.2, 0) is 19.1 Å². The van der Waals surface area contributed by atoms with Gasteiger partial charge in [-0.1, -0.05) is 11.6 Å². The molecule has 2 amide bonds. The number of benzene rings is 1. The van der Waals surface area contributed by atoms with Crippen molar-refractivity contribution in [3.05, 3.63) is 29.3 Å². The van der Waals surface area contributed by atoms with E-state index in [4.69, 9.17) is 21.1 Å². The van der Waals surface area contributed by atoms with Crippen LogP contribution in [0.5, 0.6) is 0 Å². The molecule has 1 aromatic carbocycles. The summed E-state index contributed by atoms with van der Waals surface area (Å²) in [6.45, 7) is 2.64. The zero-order valence-corrected chi connectivity index (χ0v) is 15.1. The van der Waals surface area contributed by atoms with E-state index in [1.165, 1.54) is 0 Å². The van der Waals surface area contributed by atoms with Crippen LogP contribution < -0.4 is 4.90 Å². The van der Waals surface area contributed by atoms with Gasteiger partial charge in [0, 0.05) is 37.5 Å². The molecule has 1 aromatic rings. The van der Waals surface area contributed by atoms with Crippen molar-refractivity contribution < 1.29 is 19.1 Å². The Labute approximate surface area is 152 Å². The molecule has 2 saturated heterocycles. The lowest BCUT2D eigenvalue weighted by molar-refractivity contribution is -0.147. The molecule has 6 nitrogen and oxygen atoms in total. The summed E-state index contributed by atoms with van der Waals surface area (Å²) in [5.41, 5.74) is 0.780. The lowest BCUT2D eigenvalue weighted by Gasteiger charge is -2.36. The Bertz CT molecular complexity index is 622. The van der Waals surface area contributed by atoms with Crippen molar-refractivity contribution in [2.24, 2.45) is 5.92 Å². The summed E-state index contributed by atoms with van der Waals surface area (Å²) in [5.74, 6) is -0.839. The van der Waals surface area contributed by atoms with Gasteiger partial charge < -0.3 is 19.3 Å². The van der Waals surface area contributed by atoms with Gasteiger partial charge in [-0.25, -0.2) is 0 Å². The molecule has 7 heteroatoms. The van der Waals surface area contributed by atoms with Crippen LogP contribution in [0.25, 0.3) is 0 Å². The Hall–Kier alpha value is -1.63. The number of methoxy groups -OCH3 is 1. The number of carbonyl (C=O) groups is 2. The Kier molecular flexibility index (Phi) is 5.93.